The van der Waals surface area contributed by atoms with Crippen molar-refractivity contribution in [1.29, 1.82) is 0 Å². The lowest BCUT2D eigenvalue weighted by atomic mass is 9.87. The number of ether oxygens (including phenoxy) is 1. The van der Waals surface area contributed by atoms with Gasteiger partial charge >= 0.3 is 0 Å². The largest absolute Gasteiger partial charge is 0.373 e. The first kappa shape index (κ1) is 10.5. The van der Waals surface area contributed by atoms with Crippen LogP contribution >= 0.6 is 0 Å². The molecule has 0 aromatic carbocycles. The lowest BCUT2D eigenvalue weighted by molar-refractivity contribution is -0.131. The fraction of sp³-hybridized carbons (Fsp3) is 0.727. The maximum absolute atomic E-state index is 11.5. The molecule has 1 aliphatic carbocycles. The average molecular weight is 182 g/mol. The van der Waals surface area contributed by atoms with Crippen LogP contribution in [0.25, 0.3) is 0 Å². The van der Waals surface area contributed by atoms with Crippen LogP contribution in [0, 0.1) is 5.92 Å². The number of rotatable bonds is 4. The summed E-state index contributed by atoms with van der Waals surface area (Å²) in [5, 5.41) is 0. The van der Waals surface area contributed by atoms with Crippen molar-refractivity contribution >= 4 is 5.78 Å². The molecule has 0 amide bonds. The van der Waals surface area contributed by atoms with Crippen molar-refractivity contribution in [2.24, 2.45) is 5.92 Å². The van der Waals surface area contributed by atoms with Crippen molar-refractivity contribution in [3.63, 3.8) is 0 Å². The normalized spacial score (nSPS) is 24.3. The molecule has 0 saturated carbocycles. The number of methoxy groups -OCH3 is 1. The summed E-state index contributed by atoms with van der Waals surface area (Å²) in [6.45, 7) is 1.90. The van der Waals surface area contributed by atoms with Crippen LogP contribution in [0.15, 0.2) is 12.2 Å². The minimum Gasteiger partial charge on any atom is -0.373 e. The average Bonchev–Trinajstić information content (AvgIpc) is 2.20. The Labute approximate surface area is 80.0 Å². The monoisotopic (exact) mass is 182 g/mol. The molecule has 0 radical (unpaired) electrons. The zero-order chi connectivity index (χ0) is 9.68. The van der Waals surface area contributed by atoms with E-state index < -0.39 is 0 Å². The number of hydrogen-bond acceptors (Lipinski definition) is 2. The Morgan fingerprint density at radius 1 is 1.62 bits per heavy atom. The third-order valence-corrected chi connectivity index (χ3v) is 2.66. The minimum absolute atomic E-state index is 0.171. The van der Waals surface area contributed by atoms with Gasteiger partial charge in [-0.25, -0.2) is 0 Å². The van der Waals surface area contributed by atoms with Crippen LogP contribution in [0.2, 0.25) is 0 Å². The van der Waals surface area contributed by atoms with E-state index in [4.69, 9.17) is 4.74 Å². The highest BCUT2D eigenvalue weighted by Crippen LogP contribution is 2.24. The molecule has 2 atom stereocenters. The van der Waals surface area contributed by atoms with E-state index in [2.05, 4.69) is 12.2 Å². The van der Waals surface area contributed by atoms with Gasteiger partial charge in [0.05, 0.1) is 0 Å². The van der Waals surface area contributed by atoms with E-state index in [1.807, 2.05) is 6.92 Å². The van der Waals surface area contributed by atoms with Gasteiger partial charge in [0.2, 0.25) is 0 Å². The van der Waals surface area contributed by atoms with Crippen molar-refractivity contribution in [3.8, 4) is 0 Å². The molecule has 0 fully saturated rings. The second kappa shape index (κ2) is 5.18. The van der Waals surface area contributed by atoms with Gasteiger partial charge in [-0.2, -0.15) is 0 Å². The number of allylic oxidation sites excluding steroid dienone is 2. The van der Waals surface area contributed by atoms with E-state index >= 15 is 0 Å². The quantitative estimate of drug-likeness (QED) is 0.624. The molecule has 0 bridgehead atoms. The highest BCUT2D eigenvalue weighted by molar-refractivity contribution is 5.83. The van der Waals surface area contributed by atoms with Crippen molar-refractivity contribution in [2.75, 3.05) is 7.11 Å². The summed E-state index contributed by atoms with van der Waals surface area (Å²) in [4.78, 5) is 11.5. The Hall–Kier alpha value is -0.630. The van der Waals surface area contributed by atoms with Gasteiger partial charge in [-0.1, -0.05) is 19.1 Å². The van der Waals surface area contributed by atoms with E-state index in [0.29, 0.717) is 12.3 Å². The maximum Gasteiger partial charge on any atom is 0.161 e. The Morgan fingerprint density at radius 3 is 2.85 bits per heavy atom. The van der Waals surface area contributed by atoms with Gasteiger partial charge in [-0.15, -0.1) is 0 Å². The van der Waals surface area contributed by atoms with Gasteiger partial charge in [-0.05, 0) is 25.2 Å². The van der Waals surface area contributed by atoms with Crippen LogP contribution in [0.5, 0.6) is 0 Å². The highest BCUT2D eigenvalue weighted by atomic mass is 16.5. The fourth-order valence-corrected chi connectivity index (χ4v) is 1.88. The second-order valence-electron chi connectivity index (χ2n) is 3.52. The van der Waals surface area contributed by atoms with Crippen LogP contribution in [0.4, 0.5) is 0 Å². The molecule has 2 nitrogen and oxygen atoms in total. The number of Topliss-reactive ketones (excluding diaryl/α,β-unsaturated/α-hetero) is 1. The van der Waals surface area contributed by atoms with Gasteiger partial charge in [0, 0.05) is 13.5 Å². The van der Waals surface area contributed by atoms with Crippen molar-refractivity contribution in [3.05, 3.63) is 12.2 Å². The predicted octanol–water partition coefficient (Wildman–Crippen LogP) is 2.34. The van der Waals surface area contributed by atoms with Crippen LogP contribution < -0.4 is 0 Å². The Balaban J connectivity index is 2.54. The third-order valence-electron chi connectivity index (χ3n) is 2.66. The Kier molecular flexibility index (Phi) is 4.16. The minimum atomic E-state index is -0.171. The molecule has 0 saturated heterocycles. The van der Waals surface area contributed by atoms with Crippen LogP contribution in [0.3, 0.4) is 0 Å². The molecule has 2 unspecified atom stereocenters. The summed E-state index contributed by atoms with van der Waals surface area (Å²) < 4.78 is 5.26. The Morgan fingerprint density at radius 2 is 2.38 bits per heavy atom. The van der Waals surface area contributed by atoms with Crippen LogP contribution in [-0.4, -0.2) is 19.0 Å². The van der Waals surface area contributed by atoms with Crippen LogP contribution in [0.1, 0.15) is 32.6 Å². The molecule has 74 valence electrons. The number of hydrogen-bond donors (Lipinski definition) is 0. The predicted molar refractivity (Wildman–Crippen MR) is 52.6 cm³/mol. The molecule has 2 heteroatoms. The highest BCUT2D eigenvalue weighted by Gasteiger charge is 2.26. The molecule has 0 spiro atoms. The maximum atomic E-state index is 11.5. The molecule has 0 heterocycles. The van der Waals surface area contributed by atoms with Crippen molar-refractivity contribution < 1.29 is 9.53 Å². The molecule has 0 N–H and O–H groups in total. The standard InChI is InChI=1S/C11H18O2/c1-3-10(12)11(13-2)9-7-5-4-6-8-9/h4-5,9,11H,3,6-8H2,1-2H3. The molecule has 1 rings (SSSR count). The van der Waals surface area contributed by atoms with Gasteiger partial charge in [0.25, 0.3) is 0 Å². The van der Waals surface area contributed by atoms with E-state index in [1.165, 1.54) is 0 Å². The number of carbonyl (C=O) groups is 1. The molecule has 13 heavy (non-hydrogen) atoms. The molecule has 0 aromatic rings. The molecule has 0 aromatic heterocycles. The zero-order valence-electron chi connectivity index (χ0n) is 8.45. The fourth-order valence-electron chi connectivity index (χ4n) is 1.88. The number of carbonyl (C=O) groups excluding carboxylic acids is 1. The topological polar surface area (TPSA) is 26.3 Å². The van der Waals surface area contributed by atoms with Gasteiger partial charge in [0.1, 0.15) is 6.10 Å². The molecular weight excluding hydrogens is 164 g/mol. The van der Waals surface area contributed by atoms with Gasteiger partial charge < -0.3 is 4.74 Å². The first-order valence-corrected chi connectivity index (χ1v) is 5.00. The lowest BCUT2D eigenvalue weighted by Gasteiger charge is -2.25. The summed E-state index contributed by atoms with van der Waals surface area (Å²) in [5.41, 5.74) is 0. The first-order valence-electron chi connectivity index (χ1n) is 5.00. The van der Waals surface area contributed by atoms with Gasteiger partial charge in [-0.3, -0.25) is 4.79 Å². The lowest BCUT2D eigenvalue weighted by Crippen LogP contribution is -2.31. The molecule has 1 aliphatic rings. The summed E-state index contributed by atoms with van der Waals surface area (Å²) in [5.74, 6) is 0.644. The van der Waals surface area contributed by atoms with E-state index in [1.54, 1.807) is 7.11 Å². The zero-order valence-corrected chi connectivity index (χ0v) is 8.45. The third kappa shape index (κ3) is 2.66. The molecular formula is C11H18O2. The molecule has 0 aliphatic heterocycles. The number of ketones is 1. The van der Waals surface area contributed by atoms with E-state index in [-0.39, 0.29) is 11.9 Å². The summed E-state index contributed by atoms with van der Waals surface area (Å²) in [6, 6.07) is 0. The summed E-state index contributed by atoms with van der Waals surface area (Å²) in [6.07, 6.45) is 7.91. The first-order chi connectivity index (χ1) is 6.29. The summed E-state index contributed by atoms with van der Waals surface area (Å²) in [7, 11) is 1.64. The second-order valence-corrected chi connectivity index (χ2v) is 3.52. The van der Waals surface area contributed by atoms with Gasteiger partial charge in [0.15, 0.2) is 5.78 Å². The smallest absolute Gasteiger partial charge is 0.161 e. The Bertz CT molecular complexity index is 196. The van der Waals surface area contributed by atoms with Crippen molar-refractivity contribution in [1.82, 2.24) is 0 Å². The van der Waals surface area contributed by atoms with Crippen molar-refractivity contribution in [2.45, 2.75) is 38.7 Å². The van der Waals surface area contributed by atoms with Crippen LogP contribution in [-0.2, 0) is 9.53 Å². The van der Waals surface area contributed by atoms with E-state index in [0.717, 1.165) is 19.3 Å². The SMILES string of the molecule is CCC(=O)C(OC)C1CC=CCC1. The van der Waals surface area contributed by atoms with E-state index in [9.17, 15) is 4.79 Å². The summed E-state index contributed by atoms with van der Waals surface area (Å²) >= 11 is 0.